The van der Waals surface area contributed by atoms with Crippen molar-refractivity contribution in [2.24, 2.45) is 0 Å². The molecule has 1 aliphatic heterocycles. The molecule has 0 bridgehead atoms. The predicted octanol–water partition coefficient (Wildman–Crippen LogP) is 1.40. The Morgan fingerprint density at radius 1 is 1.44 bits per heavy atom. The van der Waals surface area contributed by atoms with Crippen LogP contribution in [0.25, 0.3) is 0 Å². The molecule has 0 saturated carbocycles. The number of carbonyl (C=O) groups excluding carboxylic acids is 1. The number of aldehydes is 1. The molecule has 2 heterocycles. The summed E-state index contributed by atoms with van der Waals surface area (Å²) in [6.07, 6.45) is 2.04. The van der Waals surface area contributed by atoms with Gasteiger partial charge >= 0.3 is 0 Å². The summed E-state index contributed by atoms with van der Waals surface area (Å²) in [7, 11) is 0. The molecule has 98 valence electrons. The van der Waals surface area contributed by atoms with Crippen molar-refractivity contribution >= 4 is 35.5 Å². The lowest BCUT2D eigenvalue weighted by molar-refractivity contribution is 0.112. The van der Waals surface area contributed by atoms with Gasteiger partial charge in [0.2, 0.25) is 0 Å². The number of carbonyl (C=O) groups is 1. The van der Waals surface area contributed by atoms with Crippen LogP contribution in [0.1, 0.15) is 10.4 Å². The maximum Gasteiger partial charge on any atom is 0.156 e. The summed E-state index contributed by atoms with van der Waals surface area (Å²) in [6, 6.07) is 0. The lowest BCUT2D eigenvalue weighted by atomic mass is 10.3. The molecule has 1 fully saturated rings. The average Bonchev–Trinajstić information content (AvgIpc) is 2.40. The third-order valence-electron chi connectivity index (χ3n) is 2.78. The minimum atomic E-state index is 0.192. The predicted molar refractivity (Wildman–Crippen MR) is 74.7 cm³/mol. The summed E-state index contributed by atoms with van der Waals surface area (Å²) >= 11 is 7.81. The van der Waals surface area contributed by atoms with Gasteiger partial charge in [-0.25, -0.2) is 9.97 Å². The highest BCUT2D eigenvalue weighted by Gasteiger charge is 2.11. The van der Waals surface area contributed by atoms with Crippen molar-refractivity contribution in [1.29, 1.82) is 0 Å². The quantitative estimate of drug-likeness (QED) is 0.652. The van der Waals surface area contributed by atoms with Crippen LogP contribution < -0.4 is 5.32 Å². The normalized spacial score (nSPS) is 16.5. The van der Waals surface area contributed by atoms with Crippen LogP contribution in [-0.4, -0.2) is 58.8 Å². The summed E-state index contributed by atoms with van der Waals surface area (Å²) in [5.74, 6) is 2.90. The van der Waals surface area contributed by atoms with Gasteiger partial charge in [-0.3, -0.25) is 9.69 Å². The average molecular weight is 287 g/mol. The zero-order chi connectivity index (χ0) is 12.8. The standard InChI is InChI=1S/C11H15ClN4OS/c12-10-9(7-17)11(15-8-14-10)13-1-2-16-3-5-18-6-4-16/h7-8H,1-6H2,(H,13,14,15). The number of anilines is 1. The number of hydrogen-bond acceptors (Lipinski definition) is 6. The van der Waals surface area contributed by atoms with Crippen molar-refractivity contribution in [1.82, 2.24) is 14.9 Å². The van der Waals surface area contributed by atoms with E-state index in [-0.39, 0.29) is 5.15 Å². The molecule has 1 aromatic heterocycles. The Bertz CT molecular complexity index is 412. The first kappa shape index (κ1) is 13.6. The van der Waals surface area contributed by atoms with Crippen LogP contribution in [0.15, 0.2) is 6.33 Å². The molecule has 1 aromatic rings. The van der Waals surface area contributed by atoms with Gasteiger partial charge in [-0.2, -0.15) is 11.8 Å². The molecule has 18 heavy (non-hydrogen) atoms. The van der Waals surface area contributed by atoms with Crippen molar-refractivity contribution in [3.63, 3.8) is 0 Å². The molecule has 0 radical (unpaired) electrons. The molecule has 0 amide bonds. The van der Waals surface area contributed by atoms with Gasteiger partial charge in [-0.05, 0) is 0 Å². The lowest BCUT2D eigenvalue weighted by Crippen LogP contribution is -2.36. The Balaban J connectivity index is 1.86. The van der Waals surface area contributed by atoms with E-state index in [1.54, 1.807) is 0 Å². The van der Waals surface area contributed by atoms with Gasteiger partial charge in [0, 0.05) is 37.7 Å². The highest BCUT2D eigenvalue weighted by atomic mass is 35.5. The second kappa shape index (κ2) is 6.92. The highest BCUT2D eigenvalue weighted by Crippen LogP contribution is 2.17. The van der Waals surface area contributed by atoms with Crippen molar-refractivity contribution in [2.75, 3.05) is 43.0 Å². The molecule has 0 atom stereocenters. The van der Waals surface area contributed by atoms with E-state index in [1.807, 2.05) is 11.8 Å². The molecule has 7 heteroatoms. The van der Waals surface area contributed by atoms with Crippen LogP contribution in [0.4, 0.5) is 5.82 Å². The largest absolute Gasteiger partial charge is 0.368 e. The van der Waals surface area contributed by atoms with E-state index in [0.717, 1.165) is 26.2 Å². The van der Waals surface area contributed by atoms with Crippen LogP contribution >= 0.6 is 23.4 Å². The van der Waals surface area contributed by atoms with Crippen LogP contribution in [0.3, 0.4) is 0 Å². The Labute approximate surface area is 115 Å². The van der Waals surface area contributed by atoms with Crippen molar-refractivity contribution < 1.29 is 4.79 Å². The zero-order valence-electron chi connectivity index (χ0n) is 9.93. The minimum absolute atomic E-state index is 0.192. The maximum absolute atomic E-state index is 10.9. The summed E-state index contributed by atoms with van der Waals surface area (Å²) in [4.78, 5) is 21.1. The maximum atomic E-state index is 10.9. The molecule has 1 N–H and O–H groups in total. The molecule has 0 aliphatic carbocycles. The van der Waals surface area contributed by atoms with E-state index >= 15 is 0 Å². The highest BCUT2D eigenvalue weighted by molar-refractivity contribution is 7.99. The number of nitrogens with zero attached hydrogens (tertiary/aromatic N) is 3. The molecule has 0 spiro atoms. The van der Waals surface area contributed by atoms with E-state index in [1.165, 1.54) is 17.8 Å². The second-order valence-electron chi connectivity index (χ2n) is 3.93. The molecule has 0 unspecified atom stereocenters. The number of rotatable bonds is 5. The fraction of sp³-hybridized carbons (Fsp3) is 0.545. The van der Waals surface area contributed by atoms with Gasteiger partial charge in [0.1, 0.15) is 17.3 Å². The van der Waals surface area contributed by atoms with Gasteiger partial charge in [-0.1, -0.05) is 11.6 Å². The first-order valence-corrected chi connectivity index (χ1v) is 7.34. The number of thioether (sulfide) groups is 1. The van der Waals surface area contributed by atoms with Gasteiger partial charge in [0.05, 0.1) is 5.56 Å². The van der Waals surface area contributed by atoms with Crippen molar-refractivity contribution in [2.45, 2.75) is 0 Å². The van der Waals surface area contributed by atoms with Gasteiger partial charge in [-0.15, -0.1) is 0 Å². The third-order valence-corrected chi connectivity index (χ3v) is 4.02. The number of halogens is 1. The topological polar surface area (TPSA) is 58.1 Å². The molecule has 2 rings (SSSR count). The molecular formula is C11H15ClN4OS. The number of nitrogens with one attached hydrogen (secondary N) is 1. The molecular weight excluding hydrogens is 272 g/mol. The lowest BCUT2D eigenvalue weighted by Gasteiger charge is -2.26. The summed E-state index contributed by atoms with van der Waals surface area (Å²) in [5.41, 5.74) is 0.327. The van der Waals surface area contributed by atoms with Crippen molar-refractivity contribution in [3.8, 4) is 0 Å². The number of hydrogen-bond donors (Lipinski definition) is 1. The summed E-state index contributed by atoms with van der Waals surface area (Å²) in [6.45, 7) is 3.94. The van der Waals surface area contributed by atoms with E-state index in [9.17, 15) is 4.79 Å². The first-order chi connectivity index (χ1) is 8.81. The van der Waals surface area contributed by atoms with Crippen LogP contribution in [-0.2, 0) is 0 Å². The van der Waals surface area contributed by atoms with Crippen molar-refractivity contribution in [3.05, 3.63) is 17.0 Å². The second-order valence-corrected chi connectivity index (χ2v) is 5.51. The Hall–Kier alpha value is -0.850. The van der Waals surface area contributed by atoms with E-state index in [4.69, 9.17) is 11.6 Å². The van der Waals surface area contributed by atoms with Gasteiger partial charge in [0.25, 0.3) is 0 Å². The summed E-state index contributed by atoms with van der Waals surface area (Å²) in [5, 5.41) is 3.33. The first-order valence-electron chi connectivity index (χ1n) is 5.81. The Kier molecular flexibility index (Phi) is 5.22. The molecule has 0 aromatic carbocycles. The molecule has 1 aliphatic rings. The Morgan fingerprint density at radius 3 is 2.94 bits per heavy atom. The number of aromatic nitrogens is 2. The van der Waals surface area contributed by atoms with Gasteiger partial charge in [0.15, 0.2) is 6.29 Å². The fourth-order valence-electron chi connectivity index (χ4n) is 1.78. The van der Waals surface area contributed by atoms with Crippen LogP contribution in [0, 0.1) is 0 Å². The van der Waals surface area contributed by atoms with Crippen LogP contribution in [0.2, 0.25) is 5.15 Å². The van der Waals surface area contributed by atoms with E-state index < -0.39 is 0 Å². The van der Waals surface area contributed by atoms with Crippen LogP contribution in [0.5, 0.6) is 0 Å². The molecule has 1 saturated heterocycles. The third kappa shape index (κ3) is 3.57. The smallest absolute Gasteiger partial charge is 0.156 e. The summed E-state index contributed by atoms with van der Waals surface area (Å²) < 4.78 is 0. The fourth-order valence-corrected chi connectivity index (χ4v) is 2.93. The van der Waals surface area contributed by atoms with E-state index in [0.29, 0.717) is 17.7 Å². The van der Waals surface area contributed by atoms with E-state index in [2.05, 4.69) is 20.2 Å². The Morgan fingerprint density at radius 2 is 2.22 bits per heavy atom. The minimum Gasteiger partial charge on any atom is -0.368 e. The SMILES string of the molecule is O=Cc1c(Cl)ncnc1NCCN1CCSCC1. The van der Waals surface area contributed by atoms with Gasteiger partial charge < -0.3 is 5.32 Å². The monoisotopic (exact) mass is 286 g/mol. The molecule has 5 nitrogen and oxygen atoms in total. The zero-order valence-corrected chi connectivity index (χ0v) is 11.5.